The van der Waals surface area contributed by atoms with Gasteiger partial charge in [-0.05, 0) is 34.1 Å². The summed E-state index contributed by atoms with van der Waals surface area (Å²) in [6.07, 6.45) is 0. The van der Waals surface area contributed by atoms with Crippen molar-refractivity contribution in [1.29, 1.82) is 0 Å². The molecule has 1 rings (SSSR count). The minimum Gasteiger partial charge on any atom is -0.481 e. The van der Waals surface area contributed by atoms with Gasteiger partial charge >= 0.3 is 5.97 Å². The van der Waals surface area contributed by atoms with Crippen LogP contribution in [-0.4, -0.2) is 23.5 Å². The zero-order valence-corrected chi connectivity index (χ0v) is 12.2. The fraction of sp³-hybridized carbons (Fsp3) is 0.273. The Labute approximate surface area is 116 Å². The number of aliphatic carboxylic acids is 1. The smallest absolute Gasteiger partial charge is 0.308 e. The zero-order valence-electron chi connectivity index (χ0n) is 9.04. The second kappa shape index (κ2) is 6.16. The van der Waals surface area contributed by atoms with Crippen LogP contribution in [0.25, 0.3) is 0 Å². The lowest BCUT2D eigenvalue weighted by Crippen LogP contribution is -2.31. The molecule has 0 fully saturated rings. The van der Waals surface area contributed by atoms with E-state index in [9.17, 15) is 9.59 Å². The molecule has 0 aliphatic heterocycles. The van der Waals surface area contributed by atoms with Crippen molar-refractivity contribution < 1.29 is 14.7 Å². The number of carbonyl (C=O) groups is 2. The maximum absolute atomic E-state index is 11.8. The lowest BCUT2D eigenvalue weighted by atomic mass is 10.1. The predicted molar refractivity (Wildman–Crippen MR) is 71.0 cm³/mol. The summed E-state index contributed by atoms with van der Waals surface area (Å²) in [5, 5.41) is 11.3. The van der Waals surface area contributed by atoms with Crippen LogP contribution in [0.4, 0.5) is 0 Å². The van der Waals surface area contributed by atoms with Crippen molar-refractivity contribution in [3.63, 3.8) is 0 Å². The van der Waals surface area contributed by atoms with E-state index in [2.05, 4.69) is 37.2 Å². The summed E-state index contributed by atoms with van der Waals surface area (Å²) in [7, 11) is 0. The molecule has 0 saturated carbocycles. The lowest BCUT2D eigenvalue weighted by molar-refractivity contribution is -0.140. The number of hydrogen-bond donors (Lipinski definition) is 2. The Hall–Kier alpha value is -0.880. The van der Waals surface area contributed by atoms with E-state index in [1.54, 1.807) is 25.1 Å². The van der Waals surface area contributed by atoms with Gasteiger partial charge in [-0.2, -0.15) is 0 Å². The molecule has 1 amide bonds. The summed E-state index contributed by atoms with van der Waals surface area (Å²) < 4.78 is 1.52. The molecule has 0 spiro atoms. The second-order valence-electron chi connectivity index (χ2n) is 3.57. The first-order valence-corrected chi connectivity index (χ1v) is 6.46. The minimum absolute atomic E-state index is 0.108. The number of benzene rings is 1. The average molecular weight is 365 g/mol. The van der Waals surface area contributed by atoms with E-state index >= 15 is 0 Å². The summed E-state index contributed by atoms with van der Waals surface area (Å²) in [4.78, 5) is 22.3. The Morgan fingerprint density at radius 2 is 2.06 bits per heavy atom. The van der Waals surface area contributed by atoms with Crippen LogP contribution >= 0.6 is 31.9 Å². The monoisotopic (exact) mass is 363 g/mol. The van der Waals surface area contributed by atoms with Gasteiger partial charge in [0.1, 0.15) is 0 Å². The maximum Gasteiger partial charge on any atom is 0.308 e. The number of halogens is 2. The molecule has 17 heavy (non-hydrogen) atoms. The van der Waals surface area contributed by atoms with Crippen LogP contribution in [0.15, 0.2) is 27.1 Å². The van der Waals surface area contributed by atoms with Crippen molar-refractivity contribution in [1.82, 2.24) is 5.32 Å². The van der Waals surface area contributed by atoms with Gasteiger partial charge in [0.25, 0.3) is 5.91 Å². The highest BCUT2D eigenvalue weighted by atomic mass is 79.9. The number of hydrogen-bond acceptors (Lipinski definition) is 2. The summed E-state index contributed by atoms with van der Waals surface area (Å²) in [6, 6.07) is 5.17. The molecule has 0 aliphatic rings. The van der Waals surface area contributed by atoms with Gasteiger partial charge in [0, 0.05) is 15.5 Å². The third-order valence-electron chi connectivity index (χ3n) is 2.17. The number of carboxylic acid groups (broad SMARTS) is 1. The van der Waals surface area contributed by atoms with Crippen molar-refractivity contribution in [2.75, 3.05) is 6.54 Å². The molecule has 6 heteroatoms. The van der Waals surface area contributed by atoms with Crippen molar-refractivity contribution >= 4 is 43.7 Å². The highest BCUT2D eigenvalue weighted by molar-refractivity contribution is 9.11. The summed E-state index contributed by atoms with van der Waals surface area (Å²) in [5.74, 6) is -1.83. The van der Waals surface area contributed by atoms with Gasteiger partial charge < -0.3 is 10.4 Å². The topological polar surface area (TPSA) is 66.4 Å². The number of carbonyl (C=O) groups excluding carboxylic acids is 1. The SMILES string of the molecule is CC(CNC(=O)c1ccc(Br)cc1Br)C(=O)O. The van der Waals surface area contributed by atoms with Crippen LogP contribution in [0.1, 0.15) is 17.3 Å². The van der Waals surface area contributed by atoms with E-state index in [0.29, 0.717) is 10.0 Å². The third kappa shape index (κ3) is 4.12. The van der Waals surface area contributed by atoms with Gasteiger partial charge in [0.05, 0.1) is 11.5 Å². The van der Waals surface area contributed by atoms with Crippen LogP contribution < -0.4 is 5.32 Å². The van der Waals surface area contributed by atoms with Crippen molar-refractivity contribution in [2.45, 2.75) is 6.92 Å². The van der Waals surface area contributed by atoms with E-state index < -0.39 is 11.9 Å². The number of rotatable bonds is 4. The van der Waals surface area contributed by atoms with Crippen molar-refractivity contribution in [3.05, 3.63) is 32.7 Å². The first-order valence-electron chi connectivity index (χ1n) is 4.88. The molecule has 1 aromatic rings. The van der Waals surface area contributed by atoms with Gasteiger partial charge in [0.15, 0.2) is 0 Å². The first kappa shape index (κ1) is 14.2. The maximum atomic E-state index is 11.8. The molecule has 0 heterocycles. The lowest BCUT2D eigenvalue weighted by Gasteiger charge is -2.09. The molecule has 92 valence electrons. The fourth-order valence-corrected chi connectivity index (χ4v) is 2.33. The predicted octanol–water partition coefficient (Wildman–Crippen LogP) is 2.66. The van der Waals surface area contributed by atoms with Crippen LogP contribution in [-0.2, 0) is 4.79 Å². The molecule has 0 aliphatic carbocycles. The molecule has 1 atom stereocenters. The van der Waals surface area contributed by atoms with Gasteiger partial charge in [-0.1, -0.05) is 22.9 Å². The van der Waals surface area contributed by atoms with Crippen LogP contribution in [0.2, 0.25) is 0 Å². The highest BCUT2D eigenvalue weighted by Gasteiger charge is 2.14. The van der Waals surface area contributed by atoms with E-state index in [1.165, 1.54) is 0 Å². The Bertz CT molecular complexity index is 448. The summed E-state index contributed by atoms with van der Waals surface area (Å²) in [5.41, 5.74) is 0.478. The average Bonchev–Trinajstić information content (AvgIpc) is 2.25. The molecule has 1 unspecified atom stereocenters. The Morgan fingerprint density at radius 3 is 2.59 bits per heavy atom. The summed E-state index contributed by atoms with van der Waals surface area (Å²) >= 11 is 6.56. The zero-order chi connectivity index (χ0) is 13.0. The summed E-state index contributed by atoms with van der Waals surface area (Å²) in [6.45, 7) is 1.65. The van der Waals surface area contributed by atoms with E-state index in [0.717, 1.165) is 4.47 Å². The Kier molecular flexibility index (Phi) is 5.14. The molecule has 0 saturated heterocycles. The normalized spacial score (nSPS) is 11.9. The Morgan fingerprint density at radius 1 is 1.41 bits per heavy atom. The first-order chi connectivity index (χ1) is 7.91. The quantitative estimate of drug-likeness (QED) is 0.863. The van der Waals surface area contributed by atoms with Gasteiger partial charge in [-0.25, -0.2) is 0 Å². The number of amides is 1. The van der Waals surface area contributed by atoms with Gasteiger partial charge in [-0.15, -0.1) is 0 Å². The molecule has 0 bridgehead atoms. The van der Waals surface area contributed by atoms with E-state index in [4.69, 9.17) is 5.11 Å². The molecule has 2 N–H and O–H groups in total. The van der Waals surface area contributed by atoms with E-state index in [1.807, 2.05) is 0 Å². The Balaban J connectivity index is 2.67. The number of nitrogens with one attached hydrogen (secondary N) is 1. The molecule has 0 radical (unpaired) electrons. The van der Waals surface area contributed by atoms with Crippen molar-refractivity contribution in [3.8, 4) is 0 Å². The van der Waals surface area contributed by atoms with Crippen molar-refractivity contribution in [2.24, 2.45) is 5.92 Å². The molecule has 4 nitrogen and oxygen atoms in total. The van der Waals surface area contributed by atoms with Gasteiger partial charge in [-0.3, -0.25) is 9.59 Å². The largest absolute Gasteiger partial charge is 0.481 e. The number of carboxylic acids is 1. The highest BCUT2D eigenvalue weighted by Crippen LogP contribution is 2.21. The van der Waals surface area contributed by atoms with Crippen LogP contribution in [0.3, 0.4) is 0 Å². The molecular weight excluding hydrogens is 354 g/mol. The molecule has 0 aromatic heterocycles. The fourth-order valence-electron chi connectivity index (χ4n) is 1.10. The second-order valence-corrected chi connectivity index (χ2v) is 5.34. The van der Waals surface area contributed by atoms with E-state index in [-0.39, 0.29) is 12.5 Å². The molecular formula is C11H11Br2NO3. The standard InChI is InChI=1S/C11H11Br2NO3/c1-6(11(16)17)5-14-10(15)8-3-2-7(12)4-9(8)13/h2-4,6H,5H2,1H3,(H,14,15)(H,16,17). The van der Waals surface area contributed by atoms with Gasteiger partial charge in [0.2, 0.25) is 0 Å². The third-order valence-corrected chi connectivity index (χ3v) is 3.32. The minimum atomic E-state index is -0.930. The van der Waals surface area contributed by atoms with Crippen LogP contribution in [0.5, 0.6) is 0 Å². The molecule has 1 aromatic carbocycles. The van der Waals surface area contributed by atoms with Crippen LogP contribution in [0, 0.1) is 5.92 Å².